The van der Waals surface area contributed by atoms with Gasteiger partial charge in [0.1, 0.15) is 5.82 Å². The van der Waals surface area contributed by atoms with Crippen LogP contribution in [0.2, 0.25) is 0 Å². The maximum absolute atomic E-state index is 6.17. The van der Waals surface area contributed by atoms with Gasteiger partial charge in [0.25, 0.3) is 0 Å². The third kappa shape index (κ3) is 2.09. The summed E-state index contributed by atoms with van der Waals surface area (Å²) in [5.74, 6) is 1.52. The molecule has 0 aromatic carbocycles. The number of hydrogen-bond donors (Lipinski definition) is 2. The number of nitrogens with two attached hydrogens (primary N) is 2. The first-order chi connectivity index (χ1) is 10.6. The molecule has 1 aromatic heterocycles. The van der Waals surface area contributed by atoms with Crippen LogP contribution in [-0.4, -0.2) is 28.6 Å². The summed E-state index contributed by atoms with van der Waals surface area (Å²) in [6, 6.07) is 0.681. The van der Waals surface area contributed by atoms with Crippen molar-refractivity contribution >= 4 is 11.8 Å². The highest BCUT2D eigenvalue weighted by Crippen LogP contribution is 2.49. The van der Waals surface area contributed by atoms with E-state index in [2.05, 4.69) is 16.8 Å². The smallest absolute Gasteiger partial charge is 0.222 e. The first-order valence-electron chi connectivity index (χ1n) is 8.78. The summed E-state index contributed by atoms with van der Waals surface area (Å²) in [4.78, 5) is 11.7. The van der Waals surface area contributed by atoms with Crippen LogP contribution < -0.4 is 16.4 Å². The zero-order chi connectivity index (χ0) is 15.3. The van der Waals surface area contributed by atoms with E-state index in [0.717, 1.165) is 25.2 Å². The molecule has 120 valence electrons. The van der Waals surface area contributed by atoms with Crippen molar-refractivity contribution in [1.29, 1.82) is 0 Å². The van der Waals surface area contributed by atoms with Gasteiger partial charge in [-0.15, -0.1) is 0 Å². The first-order valence-corrected chi connectivity index (χ1v) is 8.78. The summed E-state index contributed by atoms with van der Waals surface area (Å²) in [5, 5.41) is 0. The monoisotopic (exact) mass is 301 g/mol. The molecule has 5 heteroatoms. The van der Waals surface area contributed by atoms with Crippen LogP contribution in [0.5, 0.6) is 0 Å². The fourth-order valence-corrected chi connectivity index (χ4v) is 5.02. The Morgan fingerprint density at radius 1 is 1.14 bits per heavy atom. The van der Waals surface area contributed by atoms with E-state index in [1.807, 2.05) is 0 Å². The van der Waals surface area contributed by atoms with Gasteiger partial charge in [-0.1, -0.05) is 12.8 Å². The van der Waals surface area contributed by atoms with Crippen LogP contribution >= 0.6 is 0 Å². The number of fused-ring (bicyclic) bond motifs is 2. The van der Waals surface area contributed by atoms with Gasteiger partial charge in [-0.3, -0.25) is 0 Å². The van der Waals surface area contributed by atoms with Crippen LogP contribution in [0.3, 0.4) is 0 Å². The molecule has 2 fully saturated rings. The first kappa shape index (κ1) is 14.2. The molecule has 1 aliphatic heterocycles. The molecular weight excluding hydrogens is 274 g/mol. The zero-order valence-electron chi connectivity index (χ0n) is 13.5. The Kier molecular flexibility index (Phi) is 3.29. The summed E-state index contributed by atoms with van der Waals surface area (Å²) < 4.78 is 0. The lowest BCUT2D eigenvalue weighted by molar-refractivity contribution is 0.357. The van der Waals surface area contributed by atoms with Crippen molar-refractivity contribution < 1.29 is 0 Å². The third-order valence-corrected chi connectivity index (χ3v) is 6.03. The van der Waals surface area contributed by atoms with Crippen molar-refractivity contribution in [2.75, 3.05) is 17.2 Å². The second kappa shape index (κ2) is 5.08. The van der Waals surface area contributed by atoms with Crippen LogP contribution in [0, 0.1) is 0 Å². The molecule has 3 aliphatic rings. The van der Waals surface area contributed by atoms with E-state index in [0.29, 0.717) is 12.0 Å². The maximum Gasteiger partial charge on any atom is 0.222 e. The predicted octanol–water partition coefficient (Wildman–Crippen LogP) is 2.13. The van der Waals surface area contributed by atoms with Crippen LogP contribution in [0.1, 0.15) is 63.1 Å². The SMILES string of the molecule is C[C@@H]1C[C@@H](N)CN1c1nc(N)nc2c1CCCC21CCCC1. The van der Waals surface area contributed by atoms with Gasteiger partial charge >= 0.3 is 0 Å². The van der Waals surface area contributed by atoms with Gasteiger partial charge in [-0.05, 0) is 45.4 Å². The van der Waals surface area contributed by atoms with Gasteiger partial charge in [0.05, 0.1) is 5.69 Å². The van der Waals surface area contributed by atoms with Crippen molar-refractivity contribution in [2.45, 2.75) is 75.8 Å². The van der Waals surface area contributed by atoms with Gasteiger partial charge in [-0.2, -0.15) is 4.98 Å². The summed E-state index contributed by atoms with van der Waals surface area (Å²) in [6.45, 7) is 3.13. The Balaban J connectivity index is 1.82. The molecule has 0 amide bonds. The second-order valence-corrected chi connectivity index (χ2v) is 7.57. The van der Waals surface area contributed by atoms with Crippen LogP contribution in [0.25, 0.3) is 0 Å². The van der Waals surface area contributed by atoms with E-state index in [1.54, 1.807) is 0 Å². The number of nitrogen functional groups attached to an aromatic ring is 1. The zero-order valence-corrected chi connectivity index (χ0v) is 13.5. The number of rotatable bonds is 1. The van der Waals surface area contributed by atoms with Gasteiger partial charge in [-0.25, -0.2) is 4.98 Å². The molecule has 2 atom stereocenters. The van der Waals surface area contributed by atoms with E-state index in [-0.39, 0.29) is 11.5 Å². The Labute approximate surface area is 132 Å². The second-order valence-electron chi connectivity index (χ2n) is 7.57. The molecule has 4 rings (SSSR count). The molecule has 2 aliphatic carbocycles. The molecule has 0 bridgehead atoms. The van der Waals surface area contributed by atoms with Gasteiger partial charge < -0.3 is 16.4 Å². The molecule has 1 spiro atoms. The molecular formula is C17H27N5. The lowest BCUT2D eigenvalue weighted by Gasteiger charge is -2.37. The third-order valence-electron chi connectivity index (χ3n) is 6.03. The van der Waals surface area contributed by atoms with Crippen molar-refractivity contribution in [2.24, 2.45) is 5.73 Å². The molecule has 2 heterocycles. The van der Waals surface area contributed by atoms with Crippen molar-refractivity contribution in [3.05, 3.63) is 11.3 Å². The van der Waals surface area contributed by atoms with Gasteiger partial charge in [0.2, 0.25) is 5.95 Å². The van der Waals surface area contributed by atoms with E-state index >= 15 is 0 Å². The quantitative estimate of drug-likeness (QED) is 0.830. The summed E-state index contributed by atoms with van der Waals surface area (Å²) in [7, 11) is 0. The predicted molar refractivity (Wildman–Crippen MR) is 88.9 cm³/mol. The molecule has 1 saturated heterocycles. The van der Waals surface area contributed by atoms with Crippen LogP contribution in [0.15, 0.2) is 0 Å². The fraction of sp³-hybridized carbons (Fsp3) is 0.765. The molecule has 5 nitrogen and oxygen atoms in total. The Hall–Kier alpha value is -1.36. The number of anilines is 2. The van der Waals surface area contributed by atoms with Crippen LogP contribution in [0.4, 0.5) is 11.8 Å². The summed E-state index contributed by atoms with van der Waals surface area (Å²) >= 11 is 0. The average Bonchev–Trinajstić information content (AvgIpc) is 3.07. The Morgan fingerprint density at radius 2 is 1.86 bits per heavy atom. The van der Waals surface area contributed by atoms with E-state index < -0.39 is 0 Å². The molecule has 0 unspecified atom stereocenters. The number of nitrogens with zero attached hydrogens (tertiary/aromatic N) is 3. The minimum Gasteiger partial charge on any atom is -0.368 e. The normalized spacial score (nSPS) is 30.0. The number of hydrogen-bond acceptors (Lipinski definition) is 5. The molecule has 4 N–H and O–H groups in total. The van der Waals surface area contributed by atoms with E-state index in [4.69, 9.17) is 16.5 Å². The average molecular weight is 301 g/mol. The van der Waals surface area contributed by atoms with E-state index in [9.17, 15) is 0 Å². The Morgan fingerprint density at radius 3 is 2.55 bits per heavy atom. The lowest BCUT2D eigenvalue weighted by Crippen LogP contribution is -2.35. The molecule has 1 aromatic rings. The Bertz CT molecular complexity index is 579. The molecule has 22 heavy (non-hydrogen) atoms. The highest BCUT2D eigenvalue weighted by molar-refractivity contribution is 5.56. The fourth-order valence-electron chi connectivity index (χ4n) is 5.02. The lowest BCUT2D eigenvalue weighted by atomic mass is 9.71. The number of aromatic nitrogens is 2. The van der Waals surface area contributed by atoms with Crippen LogP contribution in [-0.2, 0) is 11.8 Å². The summed E-state index contributed by atoms with van der Waals surface area (Å²) in [6.07, 6.45) is 9.82. The van der Waals surface area contributed by atoms with Gasteiger partial charge in [0.15, 0.2) is 0 Å². The highest BCUT2D eigenvalue weighted by atomic mass is 15.3. The topological polar surface area (TPSA) is 81.1 Å². The molecule has 0 radical (unpaired) electrons. The van der Waals surface area contributed by atoms with Crippen molar-refractivity contribution in [3.8, 4) is 0 Å². The van der Waals surface area contributed by atoms with E-state index in [1.165, 1.54) is 49.8 Å². The maximum atomic E-state index is 6.17. The standard InChI is InChI=1S/C17H27N5/c1-11-9-12(18)10-22(11)15-13-5-4-8-17(6-2-3-7-17)14(13)20-16(19)21-15/h11-12H,2-10,18H2,1H3,(H2,19,20,21)/t11-,12-/m1/s1. The van der Waals surface area contributed by atoms with Crippen molar-refractivity contribution in [3.63, 3.8) is 0 Å². The molecule has 1 saturated carbocycles. The summed E-state index contributed by atoms with van der Waals surface area (Å²) in [5.41, 5.74) is 15.2. The largest absolute Gasteiger partial charge is 0.368 e. The van der Waals surface area contributed by atoms with Gasteiger partial charge in [0, 0.05) is 29.6 Å². The van der Waals surface area contributed by atoms with Crippen molar-refractivity contribution in [1.82, 2.24) is 9.97 Å². The minimum atomic E-state index is 0.242. The minimum absolute atomic E-state index is 0.242. The highest BCUT2D eigenvalue weighted by Gasteiger charge is 2.43.